The number of likely N-dealkylation sites (N-methyl/N-ethyl adjacent to an activating group) is 1. The number of aliphatic hydroxyl groups is 1. The van der Waals surface area contributed by atoms with E-state index in [2.05, 4.69) is 43.5 Å². The summed E-state index contributed by atoms with van der Waals surface area (Å²) in [5.41, 5.74) is 0. The lowest BCUT2D eigenvalue weighted by Crippen LogP contribution is -2.45. The maximum atomic E-state index is 12.8. The van der Waals surface area contributed by atoms with Crippen LogP contribution in [0.4, 0.5) is 0 Å². The van der Waals surface area contributed by atoms with Crippen LogP contribution in [-0.4, -0.2) is 73.4 Å². The smallest absolute Gasteiger partial charge is 0.387 e. The molecule has 3 N–H and O–H groups in total. The van der Waals surface area contributed by atoms with Gasteiger partial charge in [-0.3, -0.25) is 13.8 Å². The summed E-state index contributed by atoms with van der Waals surface area (Å²) in [6.07, 6.45) is 36.3. The SMILES string of the molecule is CCCCC/C=C\C=C/CCCCCCCCC(=O)NC(COP(=O)(O)OCC[N+](C)(C)C)C(O)/C=C/CCCCCCCCCCC. The van der Waals surface area contributed by atoms with E-state index in [4.69, 9.17) is 9.05 Å². The first-order chi connectivity index (χ1) is 23.0. The lowest BCUT2D eigenvalue weighted by Gasteiger charge is -2.25. The average molecular weight is 700 g/mol. The molecule has 9 heteroatoms. The number of nitrogens with zero attached hydrogens (tertiary/aromatic N) is 1. The van der Waals surface area contributed by atoms with Crippen LogP contribution in [-0.2, 0) is 18.4 Å². The van der Waals surface area contributed by atoms with Crippen LogP contribution in [0.5, 0.6) is 0 Å². The molecule has 0 bridgehead atoms. The minimum absolute atomic E-state index is 0.0583. The molecule has 0 radical (unpaired) electrons. The summed E-state index contributed by atoms with van der Waals surface area (Å²) in [4.78, 5) is 23.0. The van der Waals surface area contributed by atoms with Gasteiger partial charge in [0.1, 0.15) is 13.2 Å². The number of nitrogens with one attached hydrogen (secondary N) is 1. The van der Waals surface area contributed by atoms with Gasteiger partial charge in [0.15, 0.2) is 0 Å². The summed E-state index contributed by atoms with van der Waals surface area (Å²) in [6, 6.07) is -0.849. The Hall–Kier alpha value is -1.28. The van der Waals surface area contributed by atoms with Crippen molar-refractivity contribution in [3.05, 3.63) is 36.5 Å². The topological polar surface area (TPSA) is 105 Å². The first-order valence-electron chi connectivity index (χ1n) is 19.4. The zero-order chi connectivity index (χ0) is 35.8. The van der Waals surface area contributed by atoms with E-state index in [-0.39, 0.29) is 19.1 Å². The minimum Gasteiger partial charge on any atom is -0.387 e. The molecule has 0 saturated carbocycles. The van der Waals surface area contributed by atoms with Crippen LogP contribution in [0.15, 0.2) is 36.5 Å². The summed E-state index contributed by atoms with van der Waals surface area (Å²) in [6.45, 7) is 4.73. The molecule has 48 heavy (non-hydrogen) atoms. The zero-order valence-electron chi connectivity index (χ0n) is 31.7. The standard InChI is InChI=1S/C39H75N2O6P/c1-6-8-10-12-14-16-18-19-20-21-23-25-27-29-31-33-39(43)40-37(36-47-48(44,45)46-35-34-41(3,4)5)38(42)32-30-28-26-24-22-17-15-13-11-9-7-2/h14,16,18-19,30,32,37-38,42H,6-13,15,17,20-29,31,33-36H2,1-5H3,(H-,40,43,44,45)/p+1/b16-14-,19-18-,32-30+. The fourth-order valence-corrected chi connectivity index (χ4v) is 5.94. The third-order valence-corrected chi connectivity index (χ3v) is 9.37. The Morgan fingerprint density at radius 1 is 0.708 bits per heavy atom. The van der Waals surface area contributed by atoms with Crippen LogP contribution in [0, 0.1) is 0 Å². The van der Waals surface area contributed by atoms with E-state index in [0.29, 0.717) is 17.4 Å². The molecule has 8 nitrogen and oxygen atoms in total. The molecule has 1 amide bonds. The molecular formula is C39H76N2O6P+. The van der Waals surface area contributed by atoms with Gasteiger partial charge in [0.05, 0.1) is 39.9 Å². The van der Waals surface area contributed by atoms with E-state index in [1.807, 2.05) is 27.2 Å². The summed E-state index contributed by atoms with van der Waals surface area (Å²) in [5.74, 6) is -0.193. The van der Waals surface area contributed by atoms with Crippen LogP contribution in [0.2, 0.25) is 0 Å². The Labute approximate surface area is 296 Å². The maximum absolute atomic E-state index is 12.8. The highest BCUT2D eigenvalue weighted by atomic mass is 31.2. The number of aliphatic hydroxyl groups excluding tert-OH is 1. The van der Waals surface area contributed by atoms with Gasteiger partial charge < -0.3 is 19.8 Å². The highest BCUT2D eigenvalue weighted by Crippen LogP contribution is 2.43. The first kappa shape index (κ1) is 46.7. The second kappa shape index (κ2) is 31.7. The number of phosphoric ester groups is 1. The normalized spacial score (nSPS) is 15.1. The molecule has 0 aromatic carbocycles. The van der Waals surface area contributed by atoms with Gasteiger partial charge >= 0.3 is 7.82 Å². The Kier molecular flexibility index (Phi) is 30.8. The largest absolute Gasteiger partial charge is 0.472 e. The number of hydrogen-bond donors (Lipinski definition) is 3. The van der Waals surface area contributed by atoms with E-state index in [1.54, 1.807) is 6.08 Å². The number of rotatable bonds is 34. The number of amides is 1. The van der Waals surface area contributed by atoms with Crippen LogP contribution in [0.25, 0.3) is 0 Å². The third kappa shape index (κ3) is 33.2. The summed E-state index contributed by atoms with van der Waals surface area (Å²) in [7, 11) is 1.56. The number of allylic oxidation sites excluding steroid dienone is 5. The molecule has 0 aromatic rings. The van der Waals surface area contributed by atoms with Gasteiger partial charge in [-0.15, -0.1) is 0 Å². The number of unbranched alkanes of at least 4 members (excludes halogenated alkanes) is 18. The summed E-state index contributed by atoms with van der Waals surface area (Å²) < 4.78 is 23.4. The fraction of sp³-hybridized carbons (Fsp3) is 0.821. The summed E-state index contributed by atoms with van der Waals surface area (Å²) >= 11 is 0. The van der Waals surface area contributed by atoms with Gasteiger partial charge in [0.25, 0.3) is 0 Å². The van der Waals surface area contributed by atoms with Crippen molar-refractivity contribution in [2.75, 3.05) is 40.9 Å². The molecule has 0 heterocycles. The van der Waals surface area contributed by atoms with E-state index in [1.165, 1.54) is 83.5 Å². The molecule has 0 saturated heterocycles. The molecule has 282 valence electrons. The van der Waals surface area contributed by atoms with Crippen molar-refractivity contribution in [1.29, 1.82) is 0 Å². The second-order valence-electron chi connectivity index (χ2n) is 14.3. The van der Waals surface area contributed by atoms with Gasteiger partial charge in [0, 0.05) is 6.42 Å². The quantitative estimate of drug-likeness (QED) is 0.0203. The number of phosphoric acid groups is 1. The van der Waals surface area contributed by atoms with Crippen molar-refractivity contribution in [3.8, 4) is 0 Å². The van der Waals surface area contributed by atoms with Crippen LogP contribution >= 0.6 is 7.82 Å². The zero-order valence-corrected chi connectivity index (χ0v) is 32.6. The molecule has 0 aliphatic heterocycles. The van der Waals surface area contributed by atoms with Crippen molar-refractivity contribution in [1.82, 2.24) is 5.32 Å². The Morgan fingerprint density at radius 2 is 1.17 bits per heavy atom. The molecule has 0 aliphatic rings. The second-order valence-corrected chi connectivity index (χ2v) is 15.8. The fourth-order valence-electron chi connectivity index (χ4n) is 5.21. The number of hydrogen-bond acceptors (Lipinski definition) is 5. The highest BCUT2D eigenvalue weighted by molar-refractivity contribution is 7.47. The molecule has 0 aliphatic carbocycles. The van der Waals surface area contributed by atoms with Crippen molar-refractivity contribution < 1.29 is 32.9 Å². The minimum atomic E-state index is -4.33. The van der Waals surface area contributed by atoms with Gasteiger partial charge in [-0.25, -0.2) is 4.57 Å². The van der Waals surface area contributed by atoms with Gasteiger partial charge in [-0.05, 0) is 44.9 Å². The van der Waals surface area contributed by atoms with Gasteiger partial charge in [-0.2, -0.15) is 0 Å². The monoisotopic (exact) mass is 700 g/mol. The first-order valence-corrected chi connectivity index (χ1v) is 20.9. The van der Waals surface area contributed by atoms with E-state index in [0.717, 1.165) is 51.4 Å². The lowest BCUT2D eigenvalue weighted by atomic mass is 10.1. The van der Waals surface area contributed by atoms with Crippen LogP contribution < -0.4 is 5.32 Å². The number of quaternary nitrogens is 1. The third-order valence-electron chi connectivity index (χ3n) is 8.38. The average Bonchev–Trinajstić information content (AvgIpc) is 3.02. The predicted molar refractivity (Wildman–Crippen MR) is 203 cm³/mol. The van der Waals surface area contributed by atoms with Crippen molar-refractivity contribution in [3.63, 3.8) is 0 Å². The molecule has 0 fully saturated rings. The molecule has 3 unspecified atom stereocenters. The van der Waals surface area contributed by atoms with Crippen LogP contribution in [0.3, 0.4) is 0 Å². The molecular weight excluding hydrogens is 623 g/mol. The van der Waals surface area contributed by atoms with Crippen molar-refractivity contribution in [2.45, 2.75) is 167 Å². The Balaban J connectivity index is 4.54. The van der Waals surface area contributed by atoms with Crippen molar-refractivity contribution >= 4 is 13.7 Å². The Morgan fingerprint density at radius 3 is 1.71 bits per heavy atom. The molecule has 0 rings (SSSR count). The van der Waals surface area contributed by atoms with E-state index < -0.39 is 20.0 Å². The van der Waals surface area contributed by atoms with E-state index in [9.17, 15) is 19.4 Å². The molecule has 0 aromatic heterocycles. The maximum Gasteiger partial charge on any atom is 0.472 e. The van der Waals surface area contributed by atoms with Crippen LogP contribution in [0.1, 0.15) is 155 Å². The lowest BCUT2D eigenvalue weighted by molar-refractivity contribution is -0.870. The van der Waals surface area contributed by atoms with E-state index >= 15 is 0 Å². The van der Waals surface area contributed by atoms with Gasteiger partial charge in [-0.1, -0.05) is 140 Å². The van der Waals surface area contributed by atoms with Crippen molar-refractivity contribution in [2.24, 2.45) is 0 Å². The molecule has 0 spiro atoms. The predicted octanol–water partition coefficient (Wildman–Crippen LogP) is 9.96. The molecule has 3 atom stereocenters. The number of carbonyl (C=O) groups is 1. The highest BCUT2D eigenvalue weighted by Gasteiger charge is 2.27. The Bertz CT molecular complexity index is 886. The summed E-state index contributed by atoms with van der Waals surface area (Å²) in [5, 5.41) is 13.7. The van der Waals surface area contributed by atoms with Gasteiger partial charge in [0.2, 0.25) is 5.91 Å². The number of carbonyl (C=O) groups excluding carboxylic acids is 1.